The Balaban J connectivity index is 2.37. The van der Waals surface area contributed by atoms with Crippen molar-refractivity contribution in [2.24, 2.45) is 4.99 Å². The molecule has 2 rings (SSSR count). The largest absolute Gasteiger partial charge is 0.338 e. The van der Waals surface area contributed by atoms with Crippen LogP contribution in [0.2, 0.25) is 0 Å². The van der Waals surface area contributed by atoms with Gasteiger partial charge in [-0.15, -0.1) is 0 Å². The van der Waals surface area contributed by atoms with E-state index in [2.05, 4.69) is 31.6 Å². The highest BCUT2D eigenvalue weighted by atomic mass is 79.9. The van der Waals surface area contributed by atoms with Crippen LogP contribution in [-0.2, 0) is 10.3 Å². The molecule has 102 valence electrons. The molecule has 1 aromatic carbocycles. The Labute approximate surface area is 119 Å². The van der Waals surface area contributed by atoms with Gasteiger partial charge in [0.25, 0.3) is 5.91 Å². The van der Waals surface area contributed by atoms with Gasteiger partial charge in [-0.05, 0) is 31.5 Å². The molecule has 19 heavy (non-hydrogen) atoms. The summed E-state index contributed by atoms with van der Waals surface area (Å²) in [6.45, 7) is 4.25. The van der Waals surface area contributed by atoms with Gasteiger partial charge in [-0.1, -0.05) is 22.9 Å². The van der Waals surface area contributed by atoms with Gasteiger partial charge >= 0.3 is 0 Å². The van der Waals surface area contributed by atoms with Crippen LogP contribution >= 0.6 is 15.9 Å². The summed E-state index contributed by atoms with van der Waals surface area (Å²) in [6, 6.07) is 4.53. The molecule has 0 radical (unpaired) electrons. The monoisotopic (exact) mass is 327 g/mol. The SMILES string of the molecule is CCCN=C1NC(=O)C(C)(c2cc(Br)ccc2F)N1. The van der Waals surface area contributed by atoms with Crippen LogP contribution in [0.25, 0.3) is 0 Å². The molecule has 0 bridgehead atoms. The maximum atomic E-state index is 13.9. The first-order valence-electron chi connectivity index (χ1n) is 6.07. The molecule has 0 saturated carbocycles. The van der Waals surface area contributed by atoms with E-state index in [0.29, 0.717) is 18.1 Å². The van der Waals surface area contributed by atoms with E-state index in [1.807, 2.05) is 6.92 Å². The van der Waals surface area contributed by atoms with Crippen LogP contribution in [0.4, 0.5) is 4.39 Å². The zero-order chi connectivity index (χ0) is 14.0. The second-order valence-electron chi connectivity index (χ2n) is 4.56. The predicted octanol–water partition coefficient (Wildman–Crippen LogP) is 2.29. The van der Waals surface area contributed by atoms with E-state index in [-0.39, 0.29) is 5.91 Å². The predicted molar refractivity (Wildman–Crippen MR) is 75.3 cm³/mol. The van der Waals surface area contributed by atoms with Crippen molar-refractivity contribution in [2.45, 2.75) is 25.8 Å². The summed E-state index contributed by atoms with van der Waals surface area (Å²) in [6.07, 6.45) is 0.878. The molecule has 0 aromatic heterocycles. The number of hydrogen-bond donors (Lipinski definition) is 2. The quantitative estimate of drug-likeness (QED) is 0.894. The highest BCUT2D eigenvalue weighted by Crippen LogP contribution is 2.29. The van der Waals surface area contributed by atoms with Crippen molar-refractivity contribution in [1.29, 1.82) is 0 Å². The Morgan fingerprint density at radius 3 is 2.89 bits per heavy atom. The topological polar surface area (TPSA) is 53.5 Å². The lowest BCUT2D eigenvalue weighted by atomic mass is 9.92. The van der Waals surface area contributed by atoms with Crippen molar-refractivity contribution in [3.8, 4) is 0 Å². The average molecular weight is 328 g/mol. The van der Waals surface area contributed by atoms with E-state index >= 15 is 0 Å². The first kappa shape index (κ1) is 14.0. The van der Waals surface area contributed by atoms with Crippen LogP contribution in [0.5, 0.6) is 0 Å². The number of hydrogen-bond acceptors (Lipinski definition) is 2. The molecule has 0 aliphatic carbocycles. The van der Waals surface area contributed by atoms with Crippen LogP contribution in [0.3, 0.4) is 0 Å². The Morgan fingerprint density at radius 1 is 1.47 bits per heavy atom. The third-order valence-corrected chi connectivity index (χ3v) is 3.51. The number of nitrogens with zero attached hydrogens (tertiary/aromatic N) is 1. The average Bonchev–Trinajstić information content (AvgIpc) is 2.66. The number of carbonyl (C=O) groups is 1. The zero-order valence-corrected chi connectivity index (χ0v) is 12.3. The minimum Gasteiger partial charge on any atom is -0.338 e. The van der Waals surface area contributed by atoms with Crippen molar-refractivity contribution < 1.29 is 9.18 Å². The molecule has 1 atom stereocenters. The smallest absolute Gasteiger partial charge is 0.256 e. The Hall–Kier alpha value is -1.43. The highest BCUT2D eigenvalue weighted by molar-refractivity contribution is 9.10. The summed E-state index contributed by atoms with van der Waals surface area (Å²) < 4.78 is 14.7. The lowest BCUT2D eigenvalue weighted by Crippen LogP contribution is -2.41. The number of aliphatic imine (C=N–C) groups is 1. The van der Waals surface area contributed by atoms with Gasteiger partial charge in [-0.2, -0.15) is 0 Å². The van der Waals surface area contributed by atoms with E-state index in [1.54, 1.807) is 19.1 Å². The molecule has 1 fully saturated rings. The van der Waals surface area contributed by atoms with Crippen molar-refractivity contribution in [3.05, 3.63) is 34.1 Å². The van der Waals surface area contributed by atoms with E-state index < -0.39 is 11.4 Å². The van der Waals surface area contributed by atoms with Crippen LogP contribution in [0.15, 0.2) is 27.7 Å². The molecule has 1 saturated heterocycles. The van der Waals surface area contributed by atoms with Gasteiger partial charge in [0.05, 0.1) is 0 Å². The minimum absolute atomic E-state index is 0.293. The normalized spacial score (nSPS) is 24.4. The van der Waals surface area contributed by atoms with Crippen molar-refractivity contribution in [3.63, 3.8) is 0 Å². The molecule has 1 amide bonds. The van der Waals surface area contributed by atoms with Crippen molar-refractivity contribution >= 4 is 27.8 Å². The lowest BCUT2D eigenvalue weighted by Gasteiger charge is -2.22. The standard InChI is InChI=1S/C13H15BrFN3O/c1-3-6-16-12-17-11(19)13(2,18-12)9-7-8(14)4-5-10(9)15/h4-5,7H,3,6H2,1-2H3,(H2,16,17,18,19). The first-order chi connectivity index (χ1) is 8.97. The lowest BCUT2D eigenvalue weighted by molar-refractivity contribution is -0.123. The van der Waals surface area contributed by atoms with Gasteiger partial charge < -0.3 is 5.32 Å². The van der Waals surface area contributed by atoms with Crippen LogP contribution in [0, 0.1) is 5.82 Å². The molecule has 2 N–H and O–H groups in total. The Kier molecular flexibility index (Phi) is 3.89. The van der Waals surface area contributed by atoms with Gasteiger partial charge in [-0.25, -0.2) is 4.39 Å². The van der Waals surface area contributed by atoms with Crippen molar-refractivity contribution in [1.82, 2.24) is 10.6 Å². The third kappa shape index (κ3) is 2.63. The second kappa shape index (κ2) is 5.28. The molecule has 1 aliphatic heterocycles. The fraction of sp³-hybridized carbons (Fsp3) is 0.385. The summed E-state index contributed by atoms with van der Waals surface area (Å²) in [5.41, 5.74) is -0.846. The first-order valence-corrected chi connectivity index (χ1v) is 6.86. The maximum Gasteiger partial charge on any atom is 0.256 e. The molecule has 0 spiro atoms. The Bertz CT molecular complexity index is 547. The van der Waals surface area contributed by atoms with E-state index in [9.17, 15) is 9.18 Å². The van der Waals surface area contributed by atoms with Crippen LogP contribution in [0.1, 0.15) is 25.8 Å². The number of carbonyl (C=O) groups excluding carboxylic acids is 1. The van der Waals surface area contributed by atoms with Gasteiger partial charge in [0.15, 0.2) is 5.96 Å². The molecular weight excluding hydrogens is 313 g/mol. The van der Waals surface area contributed by atoms with E-state index in [1.165, 1.54) is 6.07 Å². The van der Waals surface area contributed by atoms with Gasteiger partial charge in [0, 0.05) is 16.6 Å². The summed E-state index contributed by atoms with van der Waals surface area (Å²) in [4.78, 5) is 16.3. The van der Waals surface area contributed by atoms with Gasteiger partial charge in [0.2, 0.25) is 0 Å². The summed E-state index contributed by atoms with van der Waals surface area (Å²) >= 11 is 3.29. The molecule has 1 aromatic rings. The van der Waals surface area contributed by atoms with E-state index in [4.69, 9.17) is 0 Å². The van der Waals surface area contributed by atoms with Crippen LogP contribution < -0.4 is 10.6 Å². The van der Waals surface area contributed by atoms with Gasteiger partial charge in [-0.3, -0.25) is 15.1 Å². The molecule has 1 heterocycles. The summed E-state index contributed by atoms with van der Waals surface area (Å²) in [5.74, 6) is -0.335. The number of nitrogens with one attached hydrogen (secondary N) is 2. The summed E-state index contributed by atoms with van der Waals surface area (Å²) in [5, 5.41) is 5.61. The fourth-order valence-electron chi connectivity index (χ4n) is 1.93. The third-order valence-electron chi connectivity index (χ3n) is 3.02. The Morgan fingerprint density at radius 2 is 2.21 bits per heavy atom. The fourth-order valence-corrected chi connectivity index (χ4v) is 2.29. The maximum absolute atomic E-state index is 13.9. The number of halogens is 2. The zero-order valence-electron chi connectivity index (χ0n) is 10.8. The van der Waals surface area contributed by atoms with E-state index in [0.717, 1.165) is 10.9 Å². The molecule has 1 unspecified atom stereocenters. The molecule has 1 aliphatic rings. The number of guanidine groups is 1. The summed E-state index contributed by atoms with van der Waals surface area (Å²) in [7, 11) is 0. The molecular formula is C13H15BrFN3O. The number of benzene rings is 1. The minimum atomic E-state index is -1.14. The highest BCUT2D eigenvalue weighted by Gasteiger charge is 2.44. The molecule has 6 heteroatoms. The number of amides is 1. The van der Waals surface area contributed by atoms with Crippen LogP contribution in [-0.4, -0.2) is 18.4 Å². The molecule has 4 nitrogen and oxygen atoms in total. The van der Waals surface area contributed by atoms with Gasteiger partial charge in [0.1, 0.15) is 11.4 Å². The number of rotatable bonds is 3. The van der Waals surface area contributed by atoms with Crippen molar-refractivity contribution in [2.75, 3.05) is 6.54 Å². The second-order valence-corrected chi connectivity index (χ2v) is 5.47.